The van der Waals surface area contributed by atoms with Crippen LogP contribution in [0.3, 0.4) is 0 Å². The highest BCUT2D eigenvalue weighted by molar-refractivity contribution is 6.94. The maximum absolute atomic E-state index is 6.81. The molecule has 0 aliphatic carbocycles. The van der Waals surface area contributed by atoms with Gasteiger partial charge in [-0.2, -0.15) is 0 Å². The summed E-state index contributed by atoms with van der Waals surface area (Å²) >= 11 is 0. The SMILES string of the molecule is CC1=C(C)[Si](O[Si](C)(C)C)(O[Si](C)(C)C)C1CC(C)(C)C. The van der Waals surface area contributed by atoms with Crippen molar-refractivity contribution in [3.63, 3.8) is 0 Å². The molecule has 0 aromatic carbocycles. The summed E-state index contributed by atoms with van der Waals surface area (Å²) in [5.74, 6) is 0. The molecule has 5 heteroatoms. The van der Waals surface area contributed by atoms with Gasteiger partial charge in [-0.3, -0.25) is 0 Å². The lowest BCUT2D eigenvalue weighted by Crippen LogP contribution is -2.64. The molecule has 1 aliphatic rings. The van der Waals surface area contributed by atoms with Crippen LogP contribution < -0.4 is 0 Å². The van der Waals surface area contributed by atoms with E-state index in [1.165, 1.54) is 17.2 Å². The van der Waals surface area contributed by atoms with Crippen molar-refractivity contribution in [1.82, 2.24) is 0 Å². The third kappa shape index (κ3) is 4.89. The molecule has 0 bridgehead atoms. The molecular weight excluding hydrogens is 308 g/mol. The van der Waals surface area contributed by atoms with E-state index in [0.717, 1.165) is 0 Å². The lowest BCUT2D eigenvalue weighted by molar-refractivity contribution is 0.305. The average molecular weight is 345 g/mol. The van der Waals surface area contributed by atoms with Crippen molar-refractivity contribution in [2.75, 3.05) is 0 Å². The number of hydrogen-bond acceptors (Lipinski definition) is 2. The Kier molecular flexibility index (Phi) is 5.30. The Labute approximate surface area is 135 Å². The van der Waals surface area contributed by atoms with E-state index in [9.17, 15) is 0 Å². The summed E-state index contributed by atoms with van der Waals surface area (Å²) < 4.78 is 13.6. The van der Waals surface area contributed by atoms with Crippen molar-refractivity contribution in [2.24, 2.45) is 5.41 Å². The van der Waals surface area contributed by atoms with Gasteiger partial charge in [0.25, 0.3) is 0 Å². The topological polar surface area (TPSA) is 18.5 Å². The monoisotopic (exact) mass is 344 g/mol. The van der Waals surface area contributed by atoms with Gasteiger partial charge in [0.15, 0.2) is 16.6 Å². The Morgan fingerprint density at radius 2 is 1.29 bits per heavy atom. The van der Waals surface area contributed by atoms with E-state index in [0.29, 0.717) is 11.0 Å². The van der Waals surface area contributed by atoms with Crippen LogP contribution in [0.1, 0.15) is 41.0 Å². The van der Waals surface area contributed by atoms with E-state index in [1.54, 1.807) is 0 Å². The molecule has 0 fully saturated rings. The first kappa shape index (κ1) is 19.4. The first-order chi connectivity index (χ1) is 9.07. The number of allylic oxidation sites excluding steroid dienone is 2. The highest BCUT2D eigenvalue weighted by Gasteiger charge is 2.60. The van der Waals surface area contributed by atoms with Gasteiger partial charge in [-0.25, -0.2) is 0 Å². The third-order valence-electron chi connectivity index (χ3n) is 3.83. The van der Waals surface area contributed by atoms with Crippen LogP contribution >= 0.6 is 0 Å². The zero-order valence-corrected chi connectivity index (χ0v) is 19.1. The van der Waals surface area contributed by atoms with Crippen LogP contribution in [0.2, 0.25) is 44.8 Å². The molecule has 0 N–H and O–H groups in total. The normalized spacial score (nSPS) is 23.3. The predicted molar refractivity (Wildman–Crippen MR) is 101 cm³/mol. The Morgan fingerprint density at radius 1 is 0.905 bits per heavy atom. The van der Waals surface area contributed by atoms with Crippen molar-refractivity contribution in [3.8, 4) is 0 Å². The van der Waals surface area contributed by atoms with E-state index in [2.05, 4.69) is 73.9 Å². The second-order valence-electron chi connectivity index (χ2n) is 9.72. The molecule has 0 saturated carbocycles. The van der Waals surface area contributed by atoms with Gasteiger partial charge in [0.05, 0.1) is 0 Å². The minimum atomic E-state index is -2.22. The van der Waals surface area contributed by atoms with Gasteiger partial charge in [0.2, 0.25) is 0 Å². The predicted octanol–water partition coefficient (Wildman–Crippen LogP) is 5.83. The molecule has 2 nitrogen and oxygen atoms in total. The summed E-state index contributed by atoms with van der Waals surface area (Å²) in [6.07, 6.45) is 1.18. The summed E-state index contributed by atoms with van der Waals surface area (Å²) in [7, 11) is -5.47. The van der Waals surface area contributed by atoms with Crippen LogP contribution in [0.4, 0.5) is 0 Å². The van der Waals surface area contributed by atoms with Gasteiger partial charge in [-0.05, 0) is 70.2 Å². The molecule has 0 saturated heterocycles. The van der Waals surface area contributed by atoms with Gasteiger partial charge in [0.1, 0.15) is 0 Å². The van der Waals surface area contributed by atoms with Crippen LogP contribution in [0, 0.1) is 5.41 Å². The van der Waals surface area contributed by atoms with Crippen molar-refractivity contribution in [2.45, 2.75) is 85.9 Å². The molecule has 1 rings (SSSR count). The van der Waals surface area contributed by atoms with Gasteiger partial charge in [0, 0.05) is 5.54 Å². The fourth-order valence-corrected chi connectivity index (χ4v) is 16.0. The molecule has 0 radical (unpaired) electrons. The molecule has 0 aromatic heterocycles. The van der Waals surface area contributed by atoms with Crippen LogP contribution in [0.5, 0.6) is 0 Å². The Balaban J connectivity index is 3.22. The first-order valence-corrected chi connectivity index (χ1v) is 16.9. The van der Waals surface area contributed by atoms with Crippen molar-refractivity contribution in [1.29, 1.82) is 0 Å². The standard InChI is InChI=1S/C16H36O2Si3/c1-13-14(2)21(17-19(6,7)8,18-20(9,10)11)15(13)12-16(3,4)5/h15H,12H2,1-11H3. The van der Waals surface area contributed by atoms with Gasteiger partial charge in [-0.1, -0.05) is 26.3 Å². The average Bonchev–Trinajstić information content (AvgIpc) is 2.18. The van der Waals surface area contributed by atoms with E-state index in [1.807, 2.05) is 0 Å². The summed E-state index contributed by atoms with van der Waals surface area (Å²) in [6, 6.07) is 0. The Morgan fingerprint density at radius 3 is 1.57 bits per heavy atom. The summed E-state index contributed by atoms with van der Waals surface area (Å²) in [6.45, 7) is 25.3. The zero-order valence-electron chi connectivity index (χ0n) is 16.1. The minimum Gasteiger partial charge on any atom is -0.433 e. The molecule has 0 amide bonds. The Hall–Kier alpha value is 0.311. The molecule has 21 heavy (non-hydrogen) atoms. The fraction of sp³-hybridized carbons (Fsp3) is 0.875. The minimum absolute atomic E-state index is 0.316. The van der Waals surface area contributed by atoms with Crippen molar-refractivity contribution < 1.29 is 8.23 Å². The quantitative estimate of drug-likeness (QED) is 0.584. The lowest BCUT2D eigenvalue weighted by atomic mass is 9.88. The van der Waals surface area contributed by atoms with E-state index < -0.39 is 25.2 Å². The molecule has 1 unspecified atom stereocenters. The van der Waals surface area contributed by atoms with Gasteiger partial charge < -0.3 is 8.23 Å². The maximum atomic E-state index is 6.81. The third-order valence-corrected chi connectivity index (χ3v) is 14.1. The lowest BCUT2D eigenvalue weighted by Gasteiger charge is -2.54. The first-order valence-electron chi connectivity index (χ1n) is 8.16. The smallest absolute Gasteiger partial charge is 0.354 e. The Bertz CT molecular complexity index is 406. The summed E-state index contributed by atoms with van der Waals surface area (Å²) in [5.41, 5.74) is 2.39. The summed E-state index contributed by atoms with van der Waals surface area (Å²) in [4.78, 5) is 0. The van der Waals surface area contributed by atoms with Crippen molar-refractivity contribution in [3.05, 3.63) is 10.8 Å². The van der Waals surface area contributed by atoms with Gasteiger partial charge >= 0.3 is 8.56 Å². The second-order valence-corrected chi connectivity index (χ2v) is 22.6. The van der Waals surface area contributed by atoms with Crippen molar-refractivity contribution >= 4 is 25.2 Å². The molecule has 0 aromatic rings. The fourth-order valence-electron chi connectivity index (χ4n) is 3.13. The number of rotatable bonds is 5. The zero-order chi connectivity index (χ0) is 16.9. The van der Waals surface area contributed by atoms with Crippen LogP contribution in [0.15, 0.2) is 10.8 Å². The molecule has 1 heterocycles. The second kappa shape index (κ2) is 5.74. The maximum Gasteiger partial charge on any atom is 0.354 e. The molecule has 1 atom stereocenters. The van der Waals surface area contributed by atoms with E-state index in [4.69, 9.17) is 8.23 Å². The molecular formula is C16H36O2Si3. The van der Waals surface area contributed by atoms with Gasteiger partial charge in [-0.15, -0.1) is 0 Å². The summed E-state index contributed by atoms with van der Waals surface area (Å²) in [5, 5.41) is 1.46. The van der Waals surface area contributed by atoms with E-state index in [-0.39, 0.29) is 0 Å². The van der Waals surface area contributed by atoms with E-state index >= 15 is 0 Å². The molecule has 1 aliphatic heterocycles. The van der Waals surface area contributed by atoms with Crippen LogP contribution in [0.25, 0.3) is 0 Å². The molecule has 0 spiro atoms. The number of hydrogen-bond donors (Lipinski definition) is 0. The van der Waals surface area contributed by atoms with Crippen LogP contribution in [-0.4, -0.2) is 25.2 Å². The largest absolute Gasteiger partial charge is 0.433 e. The highest BCUT2D eigenvalue weighted by Crippen LogP contribution is 2.54. The van der Waals surface area contributed by atoms with Crippen LogP contribution in [-0.2, 0) is 8.23 Å². The molecule has 124 valence electrons. The highest BCUT2D eigenvalue weighted by atomic mass is 28.5.